The lowest BCUT2D eigenvalue weighted by molar-refractivity contribution is -0.0170. The van der Waals surface area contributed by atoms with Gasteiger partial charge in [0.05, 0.1) is 31.8 Å². The molecule has 1 fully saturated rings. The standard InChI is InChI=1S/C14H22N6O/c1-11(2)20-14(15-16-17-20)9-19-7-8-21-10-13(19)12-5-4-6-18(12)3/h4-6,11,13H,7-10H2,1-3H3. The fourth-order valence-electron chi connectivity index (χ4n) is 2.82. The van der Waals surface area contributed by atoms with Crippen LogP contribution in [-0.2, 0) is 18.3 Å². The molecule has 0 amide bonds. The molecule has 3 rings (SSSR count). The van der Waals surface area contributed by atoms with Gasteiger partial charge in [-0.25, -0.2) is 4.68 Å². The van der Waals surface area contributed by atoms with Crippen molar-refractivity contribution in [2.75, 3.05) is 19.8 Å². The van der Waals surface area contributed by atoms with Crippen LogP contribution in [0.2, 0.25) is 0 Å². The van der Waals surface area contributed by atoms with Gasteiger partial charge < -0.3 is 9.30 Å². The van der Waals surface area contributed by atoms with Crippen molar-refractivity contribution in [3.05, 3.63) is 29.8 Å². The van der Waals surface area contributed by atoms with E-state index in [0.717, 1.165) is 25.5 Å². The lowest BCUT2D eigenvalue weighted by Gasteiger charge is -2.35. The summed E-state index contributed by atoms with van der Waals surface area (Å²) >= 11 is 0. The smallest absolute Gasteiger partial charge is 0.165 e. The van der Waals surface area contributed by atoms with Crippen LogP contribution >= 0.6 is 0 Å². The van der Waals surface area contributed by atoms with Crippen molar-refractivity contribution >= 4 is 0 Å². The predicted molar refractivity (Wildman–Crippen MR) is 77.6 cm³/mol. The van der Waals surface area contributed by atoms with Gasteiger partial charge in [0, 0.05) is 25.5 Å². The maximum absolute atomic E-state index is 5.67. The molecular formula is C14H22N6O. The first-order chi connectivity index (χ1) is 10.2. The molecule has 1 saturated heterocycles. The van der Waals surface area contributed by atoms with Crippen LogP contribution in [0, 0.1) is 0 Å². The zero-order valence-electron chi connectivity index (χ0n) is 12.8. The van der Waals surface area contributed by atoms with Crippen molar-refractivity contribution < 1.29 is 4.74 Å². The summed E-state index contributed by atoms with van der Waals surface area (Å²) < 4.78 is 9.71. The zero-order valence-corrected chi connectivity index (χ0v) is 12.8. The number of rotatable bonds is 4. The molecule has 7 nitrogen and oxygen atoms in total. The topological polar surface area (TPSA) is 61.0 Å². The van der Waals surface area contributed by atoms with Gasteiger partial charge in [0.15, 0.2) is 5.82 Å². The average molecular weight is 290 g/mol. The van der Waals surface area contributed by atoms with Crippen LogP contribution in [0.15, 0.2) is 18.3 Å². The molecule has 7 heteroatoms. The number of hydrogen-bond donors (Lipinski definition) is 0. The number of aryl methyl sites for hydroxylation is 1. The fraction of sp³-hybridized carbons (Fsp3) is 0.643. The normalized spacial score (nSPS) is 20.3. The summed E-state index contributed by atoms with van der Waals surface area (Å²) in [4.78, 5) is 2.39. The molecule has 0 bridgehead atoms. The van der Waals surface area contributed by atoms with E-state index >= 15 is 0 Å². The molecule has 1 atom stereocenters. The quantitative estimate of drug-likeness (QED) is 0.846. The monoisotopic (exact) mass is 290 g/mol. The van der Waals surface area contributed by atoms with Crippen molar-refractivity contribution in [1.29, 1.82) is 0 Å². The first-order valence-corrected chi connectivity index (χ1v) is 7.36. The number of morpholine rings is 1. The van der Waals surface area contributed by atoms with Crippen molar-refractivity contribution in [1.82, 2.24) is 29.7 Å². The summed E-state index contributed by atoms with van der Waals surface area (Å²) in [5, 5.41) is 12.1. The molecule has 0 saturated carbocycles. The third-order valence-electron chi connectivity index (χ3n) is 3.96. The Morgan fingerprint density at radius 2 is 2.29 bits per heavy atom. The fourth-order valence-corrected chi connectivity index (χ4v) is 2.82. The second-order valence-electron chi connectivity index (χ2n) is 5.74. The van der Waals surface area contributed by atoms with Gasteiger partial charge in [-0.2, -0.15) is 0 Å². The number of tetrazole rings is 1. The van der Waals surface area contributed by atoms with Gasteiger partial charge in [-0.15, -0.1) is 5.10 Å². The number of hydrogen-bond acceptors (Lipinski definition) is 5. The van der Waals surface area contributed by atoms with Crippen molar-refractivity contribution in [3.8, 4) is 0 Å². The van der Waals surface area contributed by atoms with E-state index in [1.165, 1.54) is 5.69 Å². The molecule has 1 aliphatic heterocycles. The summed E-state index contributed by atoms with van der Waals surface area (Å²) in [6.45, 7) is 7.28. The minimum atomic E-state index is 0.246. The van der Waals surface area contributed by atoms with E-state index in [2.05, 4.69) is 64.2 Å². The molecule has 0 spiro atoms. The van der Waals surface area contributed by atoms with Gasteiger partial charge in [0.1, 0.15) is 0 Å². The van der Waals surface area contributed by atoms with E-state index in [9.17, 15) is 0 Å². The summed E-state index contributed by atoms with van der Waals surface area (Å²) in [6, 6.07) is 4.73. The lowest BCUT2D eigenvalue weighted by Crippen LogP contribution is -2.40. The van der Waals surface area contributed by atoms with Crippen LogP contribution in [0.4, 0.5) is 0 Å². The van der Waals surface area contributed by atoms with Crippen LogP contribution in [0.3, 0.4) is 0 Å². The van der Waals surface area contributed by atoms with E-state index in [1.54, 1.807) is 0 Å². The molecule has 0 aliphatic carbocycles. The molecule has 2 aromatic rings. The summed E-state index contributed by atoms with van der Waals surface area (Å²) in [6.07, 6.45) is 2.07. The maximum atomic E-state index is 5.67. The summed E-state index contributed by atoms with van der Waals surface area (Å²) in [5.74, 6) is 0.908. The Kier molecular flexibility index (Phi) is 4.03. The molecule has 0 aromatic carbocycles. The predicted octanol–water partition coefficient (Wildman–Crippen LogP) is 1.17. The molecule has 2 aromatic heterocycles. The maximum Gasteiger partial charge on any atom is 0.165 e. The molecule has 3 heterocycles. The van der Waals surface area contributed by atoms with Crippen molar-refractivity contribution in [2.45, 2.75) is 32.5 Å². The van der Waals surface area contributed by atoms with E-state index < -0.39 is 0 Å². The molecule has 0 N–H and O–H groups in total. The Labute approximate surface area is 124 Å². The van der Waals surface area contributed by atoms with Gasteiger partial charge in [-0.1, -0.05) is 0 Å². The minimum absolute atomic E-state index is 0.246. The highest BCUT2D eigenvalue weighted by molar-refractivity contribution is 5.13. The Morgan fingerprint density at radius 1 is 1.43 bits per heavy atom. The molecule has 114 valence electrons. The highest BCUT2D eigenvalue weighted by atomic mass is 16.5. The van der Waals surface area contributed by atoms with Crippen LogP contribution in [0.25, 0.3) is 0 Å². The molecule has 1 unspecified atom stereocenters. The highest BCUT2D eigenvalue weighted by Gasteiger charge is 2.28. The SMILES string of the molecule is CC(C)n1nnnc1CN1CCOCC1c1cccn1C. The Balaban J connectivity index is 1.82. The van der Waals surface area contributed by atoms with E-state index in [0.29, 0.717) is 6.61 Å². The largest absolute Gasteiger partial charge is 0.378 e. The average Bonchev–Trinajstić information content (AvgIpc) is 3.08. The highest BCUT2D eigenvalue weighted by Crippen LogP contribution is 2.25. The third-order valence-corrected chi connectivity index (χ3v) is 3.96. The lowest BCUT2D eigenvalue weighted by atomic mass is 10.1. The van der Waals surface area contributed by atoms with Gasteiger partial charge in [-0.05, 0) is 36.4 Å². The van der Waals surface area contributed by atoms with Gasteiger partial charge >= 0.3 is 0 Å². The molecule has 21 heavy (non-hydrogen) atoms. The molecular weight excluding hydrogens is 268 g/mol. The van der Waals surface area contributed by atoms with Gasteiger partial charge in [0.25, 0.3) is 0 Å². The number of ether oxygens (including phenoxy) is 1. The van der Waals surface area contributed by atoms with E-state index in [4.69, 9.17) is 4.74 Å². The Bertz CT molecular complexity index is 590. The van der Waals surface area contributed by atoms with Crippen LogP contribution in [0.5, 0.6) is 0 Å². The van der Waals surface area contributed by atoms with Crippen LogP contribution in [0.1, 0.15) is 37.4 Å². The summed E-state index contributed by atoms with van der Waals surface area (Å²) in [5.41, 5.74) is 1.26. The Morgan fingerprint density at radius 3 is 3.00 bits per heavy atom. The summed E-state index contributed by atoms with van der Waals surface area (Å²) in [7, 11) is 2.07. The van der Waals surface area contributed by atoms with Gasteiger partial charge in [-0.3, -0.25) is 4.90 Å². The third kappa shape index (κ3) is 2.84. The van der Waals surface area contributed by atoms with Crippen LogP contribution < -0.4 is 0 Å². The Hall–Kier alpha value is -1.73. The second kappa shape index (κ2) is 5.95. The van der Waals surface area contributed by atoms with E-state index in [-0.39, 0.29) is 12.1 Å². The van der Waals surface area contributed by atoms with E-state index in [1.807, 2.05) is 4.68 Å². The number of nitrogens with zero attached hydrogens (tertiary/aromatic N) is 6. The molecule has 0 radical (unpaired) electrons. The molecule has 1 aliphatic rings. The second-order valence-corrected chi connectivity index (χ2v) is 5.74. The van der Waals surface area contributed by atoms with Crippen molar-refractivity contribution in [2.24, 2.45) is 7.05 Å². The minimum Gasteiger partial charge on any atom is -0.378 e. The zero-order chi connectivity index (χ0) is 14.8. The first kappa shape index (κ1) is 14.2. The first-order valence-electron chi connectivity index (χ1n) is 7.36. The number of aromatic nitrogens is 5. The van der Waals surface area contributed by atoms with Crippen molar-refractivity contribution in [3.63, 3.8) is 0 Å². The van der Waals surface area contributed by atoms with Gasteiger partial charge in [0.2, 0.25) is 0 Å². The van der Waals surface area contributed by atoms with Crippen LogP contribution in [-0.4, -0.2) is 49.4 Å².